The molecule has 1 N–H and O–H groups in total. The number of benzene rings is 1. The highest BCUT2D eigenvalue weighted by Crippen LogP contribution is 2.21. The van der Waals surface area contributed by atoms with Gasteiger partial charge in [-0.1, -0.05) is 18.2 Å². The van der Waals surface area contributed by atoms with Gasteiger partial charge in [-0.15, -0.1) is 0 Å². The number of nitrogens with one attached hydrogen (secondary N) is 1. The summed E-state index contributed by atoms with van der Waals surface area (Å²) in [6.07, 6.45) is 3.26. The average molecular weight is 225 g/mol. The van der Waals surface area contributed by atoms with E-state index in [0.717, 1.165) is 11.5 Å². The fourth-order valence-electron chi connectivity index (χ4n) is 1.44. The number of rotatable bonds is 3. The van der Waals surface area contributed by atoms with Crippen LogP contribution in [0.25, 0.3) is 0 Å². The summed E-state index contributed by atoms with van der Waals surface area (Å²) in [5, 5.41) is 11.0. The van der Waals surface area contributed by atoms with Crippen LogP contribution in [0.4, 0.5) is 17.3 Å². The Labute approximate surface area is 99.4 Å². The molecule has 0 radical (unpaired) electrons. The molecule has 2 aromatic rings. The highest BCUT2D eigenvalue weighted by atomic mass is 15.2. The summed E-state index contributed by atoms with van der Waals surface area (Å²) in [7, 11) is 1.91. The number of nitriles is 1. The molecule has 1 aromatic heterocycles. The summed E-state index contributed by atoms with van der Waals surface area (Å²) in [4.78, 5) is 10.0. The molecular formula is C12H11N5. The van der Waals surface area contributed by atoms with Gasteiger partial charge in [0.15, 0.2) is 6.19 Å². The highest BCUT2D eigenvalue weighted by Gasteiger charge is 2.05. The number of hydrogen-bond acceptors (Lipinski definition) is 5. The van der Waals surface area contributed by atoms with Crippen LogP contribution in [0.15, 0.2) is 42.7 Å². The summed E-state index contributed by atoms with van der Waals surface area (Å²) in [6, 6.07) is 11.6. The SMILES string of the molecule is CN(c1ccccc1)c1cc(NC#N)ncn1. The molecule has 1 aromatic carbocycles. The van der Waals surface area contributed by atoms with Gasteiger partial charge in [-0.25, -0.2) is 9.97 Å². The minimum atomic E-state index is 0.486. The van der Waals surface area contributed by atoms with Crippen molar-refractivity contribution in [2.75, 3.05) is 17.3 Å². The van der Waals surface area contributed by atoms with Crippen LogP contribution in [-0.2, 0) is 0 Å². The van der Waals surface area contributed by atoms with Crippen molar-refractivity contribution in [3.63, 3.8) is 0 Å². The second-order valence-corrected chi connectivity index (χ2v) is 3.39. The topological polar surface area (TPSA) is 64.8 Å². The second-order valence-electron chi connectivity index (χ2n) is 3.39. The molecule has 0 aliphatic rings. The minimum Gasteiger partial charge on any atom is -0.329 e. The Bertz CT molecular complexity index is 532. The molecule has 5 nitrogen and oxygen atoms in total. The molecule has 0 amide bonds. The van der Waals surface area contributed by atoms with Crippen molar-refractivity contribution in [1.82, 2.24) is 9.97 Å². The third kappa shape index (κ3) is 2.49. The van der Waals surface area contributed by atoms with Crippen LogP contribution in [0.1, 0.15) is 0 Å². The zero-order valence-corrected chi connectivity index (χ0v) is 9.33. The van der Waals surface area contributed by atoms with Gasteiger partial charge in [-0.3, -0.25) is 5.32 Å². The summed E-state index contributed by atoms with van der Waals surface area (Å²) in [5.74, 6) is 1.21. The lowest BCUT2D eigenvalue weighted by molar-refractivity contribution is 1.08. The zero-order valence-electron chi connectivity index (χ0n) is 9.33. The van der Waals surface area contributed by atoms with E-state index in [1.165, 1.54) is 6.33 Å². The van der Waals surface area contributed by atoms with E-state index in [-0.39, 0.29) is 0 Å². The van der Waals surface area contributed by atoms with Crippen molar-refractivity contribution in [2.45, 2.75) is 0 Å². The zero-order chi connectivity index (χ0) is 12.1. The van der Waals surface area contributed by atoms with Crippen molar-refractivity contribution in [2.24, 2.45) is 0 Å². The van der Waals surface area contributed by atoms with Crippen LogP contribution < -0.4 is 10.2 Å². The van der Waals surface area contributed by atoms with Crippen LogP contribution in [0, 0.1) is 11.5 Å². The maximum Gasteiger partial charge on any atom is 0.182 e. The van der Waals surface area contributed by atoms with E-state index in [2.05, 4.69) is 15.3 Å². The first kappa shape index (κ1) is 10.9. The quantitative estimate of drug-likeness (QED) is 0.640. The van der Waals surface area contributed by atoms with Gasteiger partial charge in [0.1, 0.15) is 18.0 Å². The van der Waals surface area contributed by atoms with E-state index in [4.69, 9.17) is 5.26 Å². The maximum absolute atomic E-state index is 8.53. The lowest BCUT2D eigenvalue weighted by atomic mass is 10.3. The van der Waals surface area contributed by atoms with E-state index in [9.17, 15) is 0 Å². The van der Waals surface area contributed by atoms with E-state index < -0.39 is 0 Å². The van der Waals surface area contributed by atoms with Crippen LogP contribution in [0.5, 0.6) is 0 Å². The monoisotopic (exact) mass is 225 g/mol. The number of aromatic nitrogens is 2. The maximum atomic E-state index is 8.53. The van der Waals surface area contributed by atoms with E-state index in [1.807, 2.05) is 48.5 Å². The average Bonchev–Trinajstić information content (AvgIpc) is 2.40. The molecule has 0 unspecified atom stereocenters. The number of hydrogen-bond donors (Lipinski definition) is 1. The van der Waals surface area contributed by atoms with Crippen LogP contribution in [-0.4, -0.2) is 17.0 Å². The van der Waals surface area contributed by atoms with Crippen LogP contribution >= 0.6 is 0 Å². The molecule has 2 rings (SSSR count). The molecule has 84 valence electrons. The smallest absolute Gasteiger partial charge is 0.182 e. The van der Waals surface area contributed by atoms with E-state index in [0.29, 0.717) is 5.82 Å². The Morgan fingerprint density at radius 2 is 2.00 bits per heavy atom. The lowest BCUT2D eigenvalue weighted by Gasteiger charge is -2.18. The standard InChI is InChI=1S/C12H11N5/c1-17(10-5-3-2-4-6-10)12-7-11(14-8-13)15-9-16-12/h2-7,9H,1H3,(H,14,15,16). The Balaban J connectivity index is 2.28. The number of nitrogens with zero attached hydrogens (tertiary/aromatic N) is 4. The predicted octanol–water partition coefficient (Wildman–Crippen LogP) is 2.14. The molecule has 0 saturated heterocycles. The fourth-order valence-corrected chi connectivity index (χ4v) is 1.44. The molecule has 0 spiro atoms. The lowest BCUT2D eigenvalue weighted by Crippen LogP contribution is -2.11. The molecule has 5 heteroatoms. The normalized spacial score (nSPS) is 9.41. The summed E-state index contributed by atoms with van der Waals surface area (Å²) >= 11 is 0. The largest absolute Gasteiger partial charge is 0.329 e. The van der Waals surface area contributed by atoms with Gasteiger partial charge < -0.3 is 4.90 Å². The predicted molar refractivity (Wildman–Crippen MR) is 65.8 cm³/mol. The van der Waals surface area contributed by atoms with Crippen molar-refractivity contribution in [3.8, 4) is 6.19 Å². The second kappa shape index (κ2) is 4.94. The van der Waals surface area contributed by atoms with Crippen molar-refractivity contribution >= 4 is 17.3 Å². The Morgan fingerprint density at radius 3 is 2.71 bits per heavy atom. The van der Waals surface area contributed by atoms with Gasteiger partial charge >= 0.3 is 0 Å². The minimum absolute atomic E-state index is 0.486. The molecule has 17 heavy (non-hydrogen) atoms. The van der Waals surface area contributed by atoms with Crippen molar-refractivity contribution < 1.29 is 0 Å². The van der Waals surface area contributed by atoms with E-state index in [1.54, 1.807) is 6.07 Å². The first-order valence-corrected chi connectivity index (χ1v) is 5.07. The number of anilines is 3. The Kier molecular flexibility index (Phi) is 3.17. The molecule has 1 heterocycles. The molecule has 0 aliphatic heterocycles. The summed E-state index contributed by atoms with van der Waals surface area (Å²) < 4.78 is 0. The van der Waals surface area contributed by atoms with Gasteiger partial charge in [-0.2, -0.15) is 5.26 Å². The molecule has 0 bridgehead atoms. The van der Waals surface area contributed by atoms with Crippen molar-refractivity contribution in [3.05, 3.63) is 42.7 Å². The molecular weight excluding hydrogens is 214 g/mol. The van der Waals surface area contributed by atoms with E-state index >= 15 is 0 Å². The van der Waals surface area contributed by atoms with Crippen LogP contribution in [0.2, 0.25) is 0 Å². The fraction of sp³-hybridized carbons (Fsp3) is 0.0833. The summed E-state index contributed by atoms with van der Waals surface area (Å²) in [5.41, 5.74) is 1.02. The van der Waals surface area contributed by atoms with Gasteiger partial charge in [0.2, 0.25) is 0 Å². The van der Waals surface area contributed by atoms with Gasteiger partial charge in [0, 0.05) is 18.8 Å². The Hall–Kier alpha value is -2.61. The van der Waals surface area contributed by atoms with Gasteiger partial charge in [0.05, 0.1) is 0 Å². The molecule has 0 atom stereocenters. The first-order chi connectivity index (χ1) is 8.31. The highest BCUT2D eigenvalue weighted by molar-refractivity contribution is 5.61. The third-order valence-electron chi connectivity index (χ3n) is 2.32. The first-order valence-electron chi connectivity index (χ1n) is 5.07. The number of para-hydroxylation sites is 1. The van der Waals surface area contributed by atoms with Crippen molar-refractivity contribution in [1.29, 1.82) is 5.26 Å². The van der Waals surface area contributed by atoms with Gasteiger partial charge in [-0.05, 0) is 12.1 Å². The molecule has 0 fully saturated rings. The summed E-state index contributed by atoms with van der Waals surface area (Å²) in [6.45, 7) is 0. The van der Waals surface area contributed by atoms with Gasteiger partial charge in [0.25, 0.3) is 0 Å². The van der Waals surface area contributed by atoms with Crippen LogP contribution in [0.3, 0.4) is 0 Å². The third-order valence-corrected chi connectivity index (χ3v) is 2.32. The molecule has 0 saturated carbocycles. The Morgan fingerprint density at radius 1 is 1.24 bits per heavy atom. The molecule has 0 aliphatic carbocycles.